The Kier molecular flexibility index (Phi) is 56.0. The molecule has 0 aliphatic carbocycles. The molecule has 0 aromatic carbocycles. The van der Waals surface area contributed by atoms with E-state index in [0.717, 1.165) is 109 Å². The second-order valence-corrected chi connectivity index (χ2v) is 18.9. The molecule has 9 heteroatoms. The predicted molar refractivity (Wildman–Crippen MR) is 286 cm³/mol. The number of hydrogen-bond acceptors (Lipinski definition) is 8. The highest BCUT2D eigenvalue weighted by molar-refractivity contribution is 5.76. The fourth-order valence-corrected chi connectivity index (χ4v) is 7.72. The van der Waals surface area contributed by atoms with Crippen molar-refractivity contribution in [2.24, 2.45) is 5.92 Å². The van der Waals surface area contributed by atoms with E-state index in [4.69, 9.17) is 18.9 Å². The molecule has 1 atom stereocenters. The average molecular weight is 948 g/mol. The van der Waals surface area contributed by atoms with Crippen molar-refractivity contribution in [3.63, 3.8) is 0 Å². The lowest BCUT2D eigenvalue weighted by Crippen LogP contribution is -2.39. The minimum atomic E-state index is -0.415. The molecule has 0 saturated carbocycles. The van der Waals surface area contributed by atoms with Gasteiger partial charge in [0.15, 0.2) is 6.29 Å². The molecule has 0 fully saturated rings. The first-order chi connectivity index (χ1) is 32.8. The average Bonchev–Trinajstić information content (AvgIpc) is 3.32. The van der Waals surface area contributed by atoms with Gasteiger partial charge in [0.2, 0.25) is 5.91 Å². The molecule has 0 rings (SSSR count). The Labute approximate surface area is 415 Å². The van der Waals surface area contributed by atoms with E-state index in [0.29, 0.717) is 39.2 Å². The molecule has 0 heterocycles. The van der Waals surface area contributed by atoms with Crippen molar-refractivity contribution in [2.45, 2.75) is 246 Å². The topological polar surface area (TPSA) is 94.6 Å². The Morgan fingerprint density at radius 1 is 0.507 bits per heavy atom. The highest BCUT2D eigenvalue weighted by Gasteiger charge is 2.21. The summed E-state index contributed by atoms with van der Waals surface area (Å²) in [6.07, 6.45) is 50.6. The number of rotatable bonds is 50. The van der Waals surface area contributed by atoms with Crippen LogP contribution in [0.2, 0.25) is 0 Å². The molecule has 0 bridgehead atoms. The van der Waals surface area contributed by atoms with E-state index in [-0.39, 0.29) is 30.8 Å². The van der Waals surface area contributed by atoms with E-state index in [2.05, 4.69) is 83.1 Å². The monoisotopic (exact) mass is 947 g/mol. The van der Waals surface area contributed by atoms with Gasteiger partial charge in [0, 0.05) is 58.6 Å². The quantitative estimate of drug-likeness (QED) is 0.0196. The van der Waals surface area contributed by atoms with Crippen LogP contribution in [0.5, 0.6) is 0 Å². The Morgan fingerprint density at radius 3 is 1.46 bits per heavy atom. The van der Waals surface area contributed by atoms with Crippen LogP contribution >= 0.6 is 0 Å². The maximum absolute atomic E-state index is 13.3. The number of unbranched alkanes of at least 4 members (excludes halogenated alkanes) is 22. The van der Waals surface area contributed by atoms with Crippen LogP contribution in [0.1, 0.15) is 240 Å². The van der Waals surface area contributed by atoms with Crippen LogP contribution in [0.25, 0.3) is 0 Å². The van der Waals surface area contributed by atoms with Gasteiger partial charge in [-0.25, -0.2) is 0 Å². The highest BCUT2D eigenvalue weighted by atomic mass is 16.7. The maximum atomic E-state index is 13.3. The van der Waals surface area contributed by atoms with Crippen LogP contribution in [0.4, 0.5) is 0 Å². The molecule has 1 amide bonds. The summed E-state index contributed by atoms with van der Waals surface area (Å²) in [4.78, 5) is 40.5. The summed E-state index contributed by atoms with van der Waals surface area (Å²) in [5, 5.41) is 0. The maximum Gasteiger partial charge on any atom is 0.305 e. The van der Waals surface area contributed by atoms with Crippen molar-refractivity contribution in [1.29, 1.82) is 0 Å². The second kappa shape index (κ2) is 56.3. The summed E-state index contributed by atoms with van der Waals surface area (Å²) in [6.45, 7) is 12.9. The highest BCUT2D eigenvalue weighted by Crippen LogP contribution is 2.15. The molecule has 0 aromatic rings. The third-order valence-corrected chi connectivity index (χ3v) is 11.9. The van der Waals surface area contributed by atoms with Crippen LogP contribution in [0.15, 0.2) is 36.5 Å². The lowest BCUT2D eigenvalue weighted by Gasteiger charge is -2.28. The summed E-state index contributed by atoms with van der Waals surface area (Å²) in [6, 6.07) is 0. The number of methoxy groups -OCH3 is 1. The minimum absolute atomic E-state index is 0.0758. The number of nitrogens with zero attached hydrogens (tertiary/aromatic N) is 2. The fourth-order valence-electron chi connectivity index (χ4n) is 7.72. The Hall–Kier alpha value is -2.33. The van der Waals surface area contributed by atoms with Gasteiger partial charge in [-0.15, -0.1) is 0 Å². The smallest absolute Gasteiger partial charge is 0.305 e. The summed E-state index contributed by atoms with van der Waals surface area (Å²) in [7, 11) is 5.81. The molecule has 0 saturated heterocycles. The van der Waals surface area contributed by atoms with Crippen LogP contribution in [0, 0.1) is 5.92 Å². The second-order valence-electron chi connectivity index (χ2n) is 18.9. The molecule has 0 radical (unpaired) electrons. The van der Waals surface area contributed by atoms with Gasteiger partial charge < -0.3 is 33.5 Å². The number of carbonyl (C=O) groups excluding carboxylic acids is 3. The Morgan fingerprint density at radius 2 is 0.970 bits per heavy atom. The molecule has 67 heavy (non-hydrogen) atoms. The summed E-state index contributed by atoms with van der Waals surface area (Å²) < 4.78 is 23.4. The summed E-state index contributed by atoms with van der Waals surface area (Å²) in [5.41, 5.74) is 0. The first kappa shape index (κ1) is 66.8. The number of hydrogen-bond donors (Lipinski definition) is 0. The van der Waals surface area contributed by atoms with Gasteiger partial charge in [-0.1, -0.05) is 148 Å². The van der Waals surface area contributed by atoms with Gasteiger partial charge in [0.05, 0.1) is 19.6 Å². The van der Waals surface area contributed by atoms with Gasteiger partial charge in [-0.2, -0.15) is 0 Å². The Bertz CT molecular complexity index is 1100. The molecule has 0 spiro atoms. The summed E-state index contributed by atoms with van der Waals surface area (Å²) >= 11 is 0. The van der Waals surface area contributed by atoms with E-state index >= 15 is 0 Å². The predicted octanol–water partition coefficient (Wildman–Crippen LogP) is 15.3. The largest absolute Gasteiger partial charge is 0.465 e. The lowest BCUT2D eigenvalue weighted by atomic mass is 10.1. The number of aldehydes is 1. The number of allylic oxidation sites excluding steroid dienone is 6. The zero-order valence-electron chi connectivity index (χ0n) is 45.2. The molecule has 0 aliphatic rings. The van der Waals surface area contributed by atoms with E-state index in [1.165, 1.54) is 103 Å². The van der Waals surface area contributed by atoms with Crippen molar-refractivity contribution < 1.29 is 33.3 Å². The zero-order valence-corrected chi connectivity index (χ0v) is 45.2. The minimum Gasteiger partial charge on any atom is -0.465 e. The molecule has 0 aromatic heterocycles. The molecule has 394 valence electrons. The standard InChI is InChI=1S/C40H76N2O6.C18H34O/c1-7-10-13-16-19-22-27-38(43)42(31-24-23-30-41(4)5)34-37(35-45-6)36-48-39(44)28-29-40(46-32-25-20-17-14-11-8-2)47-33-26-21-18-15-12-9-3;1-2-3-4-5-6-7-8-9-10-11-12-13-14-15-16-17-18-19/h11-12,14-15,37,40H,7-10,13,16-36H2,1-6H3;9-10,18H,2-8,11-17H2,1H3/b14-11-,15-12-;10-9-. The van der Waals surface area contributed by atoms with E-state index in [1.54, 1.807) is 7.11 Å². The normalized spacial score (nSPS) is 12.2. The molecule has 0 N–H and O–H groups in total. The van der Waals surface area contributed by atoms with Gasteiger partial charge in [-0.05, 0) is 123 Å². The zero-order chi connectivity index (χ0) is 49.5. The number of esters is 1. The van der Waals surface area contributed by atoms with Crippen molar-refractivity contribution in [3.8, 4) is 0 Å². The van der Waals surface area contributed by atoms with Gasteiger partial charge in [-0.3, -0.25) is 9.59 Å². The van der Waals surface area contributed by atoms with E-state index < -0.39 is 6.29 Å². The van der Waals surface area contributed by atoms with Crippen molar-refractivity contribution in [2.75, 3.05) is 67.3 Å². The lowest BCUT2D eigenvalue weighted by molar-refractivity contribution is -0.160. The van der Waals surface area contributed by atoms with Crippen molar-refractivity contribution >= 4 is 18.2 Å². The van der Waals surface area contributed by atoms with Gasteiger partial charge in [0.25, 0.3) is 0 Å². The SMILES string of the molecule is CC/C=C\CCCCOC(CCC(=O)OCC(COC)CN(CCCCN(C)C)C(=O)CCCCCCCC)OCCCC/C=C\CC.CCCCCCCC/C=C\CCCCCCCC=O. The number of carbonyl (C=O) groups is 3. The van der Waals surface area contributed by atoms with Gasteiger partial charge >= 0.3 is 5.97 Å². The molecule has 1 unspecified atom stereocenters. The Balaban J connectivity index is 0. The third kappa shape index (κ3) is 52.9. The third-order valence-electron chi connectivity index (χ3n) is 11.9. The van der Waals surface area contributed by atoms with Crippen LogP contribution in [0.3, 0.4) is 0 Å². The number of amides is 1. The summed E-state index contributed by atoms with van der Waals surface area (Å²) in [5.74, 6) is -0.144. The van der Waals surface area contributed by atoms with Crippen molar-refractivity contribution in [1.82, 2.24) is 9.80 Å². The van der Waals surface area contributed by atoms with Crippen molar-refractivity contribution in [3.05, 3.63) is 36.5 Å². The van der Waals surface area contributed by atoms with E-state index in [1.807, 2.05) is 4.90 Å². The van der Waals surface area contributed by atoms with Crippen LogP contribution in [-0.2, 0) is 33.3 Å². The van der Waals surface area contributed by atoms with Crippen LogP contribution in [-0.4, -0.2) is 102 Å². The van der Waals surface area contributed by atoms with Crippen LogP contribution < -0.4 is 0 Å². The van der Waals surface area contributed by atoms with E-state index in [9.17, 15) is 14.4 Å². The molecular formula is C58H110N2O7. The molecular weight excluding hydrogens is 837 g/mol. The first-order valence-electron chi connectivity index (χ1n) is 28.0. The molecule has 0 aliphatic heterocycles. The number of ether oxygens (including phenoxy) is 4. The first-order valence-corrected chi connectivity index (χ1v) is 28.0. The molecule has 9 nitrogen and oxygen atoms in total. The van der Waals surface area contributed by atoms with Gasteiger partial charge in [0.1, 0.15) is 6.29 Å². The fraction of sp³-hybridized carbons (Fsp3) is 0.845.